The Morgan fingerprint density at radius 1 is 1.19 bits per heavy atom. The third-order valence-corrected chi connectivity index (χ3v) is 3.94. The third-order valence-electron chi connectivity index (χ3n) is 3.94. The summed E-state index contributed by atoms with van der Waals surface area (Å²) in [7, 11) is 1.45. The summed E-state index contributed by atoms with van der Waals surface area (Å²) in [5, 5.41) is 33.5. The molecule has 0 aliphatic rings. The van der Waals surface area contributed by atoms with Crippen molar-refractivity contribution < 1.29 is 19.9 Å². The SMILES string of the molecule is Cn1c(=O)c(C(=O)Nc2cc([N+](=O)[O-])ccc2O)c(O)c2ccccc21. The molecule has 0 aliphatic carbocycles. The monoisotopic (exact) mass is 355 g/mol. The van der Waals surface area contributed by atoms with Crippen LogP contribution in [0.4, 0.5) is 11.4 Å². The van der Waals surface area contributed by atoms with Gasteiger partial charge in [0.2, 0.25) is 0 Å². The fourth-order valence-electron chi connectivity index (χ4n) is 2.61. The molecule has 0 saturated heterocycles. The zero-order chi connectivity index (χ0) is 19.0. The molecular weight excluding hydrogens is 342 g/mol. The van der Waals surface area contributed by atoms with Gasteiger partial charge in [-0.1, -0.05) is 12.1 Å². The first-order valence-electron chi connectivity index (χ1n) is 7.40. The summed E-state index contributed by atoms with van der Waals surface area (Å²) in [5.74, 6) is -1.92. The van der Waals surface area contributed by atoms with Gasteiger partial charge in [0.05, 0.1) is 16.1 Å². The van der Waals surface area contributed by atoms with Crippen molar-refractivity contribution in [3.05, 3.63) is 68.5 Å². The highest BCUT2D eigenvalue weighted by molar-refractivity contribution is 6.09. The summed E-state index contributed by atoms with van der Waals surface area (Å²) in [6, 6.07) is 9.55. The Bertz CT molecular complexity index is 1120. The zero-order valence-corrected chi connectivity index (χ0v) is 13.5. The van der Waals surface area contributed by atoms with Crippen LogP contribution in [0.1, 0.15) is 10.4 Å². The van der Waals surface area contributed by atoms with Gasteiger partial charge in [0, 0.05) is 24.6 Å². The molecule has 3 aromatic rings. The lowest BCUT2D eigenvalue weighted by molar-refractivity contribution is -0.384. The van der Waals surface area contributed by atoms with E-state index in [1.54, 1.807) is 24.3 Å². The second-order valence-corrected chi connectivity index (χ2v) is 5.52. The standard InChI is InChI=1S/C17H13N3O6/c1-19-12-5-3-2-4-10(12)15(22)14(17(19)24)16(23)18-11-8-9(20(25)26)6-7-13(11)21/h2-8,21-22H,1H3,(H,18,23). The van der Waals surface area contributed by atoms with Gasteiger partial charge in [-0.25, -0.2) is 0 Å². The summed E-state index contributed by atoms with van der Waals surface area (Å²) in [4.78, 5) is 35.1. The molecular formula is C17H13N3O6. The fraction of sp³-hybridized carbons (Fsp3) is 0.0588. The van der Waals surface area contributed by atoms with Crippen LogP contribution in [0.25, 0.3) is 10.9 Å². The maximum absolute atomic E-state index is 12.5. The highest BCUT2D eigenvalue weighted by atomic mass is 16.6. The molecule has 1 aromatic heterocycles. The lowest BCUT2D eigenvalue weighted by Crippen LogP contribution is -2.28. The Morgan fingerprint density at radius 3 is 2.58 bits per heavy atom. The average molecular weight is 355 g/mol. The number of nitrogens with zero attached hydrogens (tertiary/aromatic N) is 2. The molecule has 0 spiro atoms. The van der Waals surface area contributed by atoms with E-state index in [9.17, 15) is 29.9 Å². The molecule has 26 heavy (non-hydrogen) atoms. The number of hydrogen-bond acceptors (Lipinski definition) is 6. The number of aromatic nitrogens is 1. The van der Waals surface area contributed by atoms with E-state index in [0.717, 1.165) is 18.2 Å². The number of nitro benzene ring substituents is 1. The van der Waals surface area contributed by atoms with Gasteiger partial charge in [-0.2, -0.15) is 0 Å². The molecule has 3 N–H and O–H groups in total. The molecule has 1 heterocycles. The first kappa shape index (κ1) is 17.0. The van der Waals surface area contributed by atoms with Gasteiger partial charge in [-0.05, 0) is 18.2 Å². The van der Waals surface area contributed by atoms with E-state index in [-0.39, 0.29) is 11.4 Å². The van der Waals surface area contributed by atoms with Crippen LogP contribution in [0.2, 0.25) is 0 Å². The number of rotatable bonds is 3. The van der Waals surface area contributed by atoms with Crippen molar-refractivity contribution in [2.75, 3.05) is 5.32 Å². The molecule has 0 aliphatic heterocycles. The number of anilines is 1. The predicted molar refractivity (Wildman–Crippen MR) is 93.6 cm³/mol. The average Bonchev–Trinajstić information content (AvgIpc) is 2.61. The van der Waals surface area contributed by atoms with E-state index in [1.807, 2.05) is 0 Å². The summed E-state index contributed by atoms with van der Waals surface area (Å²) in [6.07, 6.45) is 0. The number of amides is 1. The minimum atomic E-state index is -0.996. The van der Waals surface area contributed by atoms with Crippen molar-refractivity contribution in [3.63, 3.8) is 0 Å². The highest BCUT2D eigenvalue weighted by Gasteiger charge is 2.22. The molecule has 0 bridgehead atoms. The lowest BCUT2D eigenvalue weighted by Gasteiger charge is -2.12. The van der Waals surface area contributed by atoms with Crippen LogP contribution in [0.3, 0.4) is 0 Å². The van der Waals surface area contributed by atoms with Crippen molar-refractivity contribution in [2.24, 2.45) is 7.05 Å². The lowest BCUT2D eigenvalue weighted by atomic mass is 10.1. The van der Waals surface area contributed by atoms with Gasteiger partial charge in [0.1, 0.15) is 17.1 Å². The van der Waals surface area contributed by atoms with Crippen molar-refractivity contribution in [1.29, 1.82) is 0 Å². The number of carbonyl (C=O) groups excluding carboxylic acids is 1. The number of benzene rings is 2. The van der Waals surface area contributed by atoms with Crippen LogP contribution in [0.5, 0.6) is 11.5 Å². The van der Waals surface area contributed by atoms with Crippen molar-refractivity contribution >= 4 is 28.2 Å². The quantitative estimate of drug-likeness (QED) is 0.374. The Kier molecular flexibility index (Phi) is 4.05. The first-order chi connectivity index (χ1) is 12.3. The highest BCUT2D eigenvalue weighted by Crippen LogP contribution is 2.30. The van der Waals surface area contributed by atoms with Gasteiger partial charge in [0.15, 0.2) is 0 Å². The van der Waals surface area contributed by atoms with E-state index >= 15 is 0 Å². The molecule has 9 heteroatoms. The van der Waals surface area contributed by atoms with Crippen LogP contribution in [-0.2, 0) is 7.05 Å². The van der Waals surface area contributed by atoms with E-state index in [4.69, 9.17) is 0 Å². The van der Waals surface area contributed by atoms with E-state index in [1.165, 1.54) is 11.6 Å². The Hall–Kier alpha value is -3.88. The number of hydrogen-bond donors (Lipinski definition) is 3. The number of fused-ring (bicyclic) bond motifs is 1. The number of aromatic hydroxyl groups is 2. The molecule has 2 aromatic carbocycles. The fourth-order valence-corrected chi connectivity index (χ4v) is 2.61. The number of aryl methyl sites for hydroxylation is 1. The Morgan fingerprint density at radius 2 is 1.88 bits per heavy atom. The summed E-state index contributed by atoms with van der Waals surface area (Å²) < 4.78 is 1.21. The minimum Gasteiger partial charge on any atom is -0.506 e. The van der Waals surface area contributed by atoms with Crippen LogP contribution in [-0.4, -0.2) is 25.6 Å². The number of para-hydroxylation sites is 1. The van der Waals surface area contributed by atoms with Gasteiger partial charge in [-0.3, -0.25) is 19.7 Å². The van der Waals surface area contributed by atoms with Gasteiger partial charge < -0.3 is 20.1 Å². The zero-order valence-electron chi connectivity index (χ0n) is 13.5. The van der Waals surface area contributed by atoms with Gasteiger partial charge in [0.25, 0.3) is 17.2 Å². The first-order valence-corrected chi connectivity index (χ1v) is 7.40. The van der Waals surface area contributed by atoms with Gasteiger partial charge >= 0.3 is 0 Å². The van der Waals surface area contributed by atoms with E-state index in [0.29, 0.717) is 10.9 Å². The molecule has 0 radical (unpaired) electrons. The minimum absolute atomic E-state index is 0.251. The summed E-state index contributed by atoms with van der Waals surface area (Å²) >= 11 is 0. The summed E-state index contributed by atoms with van der Waals surface area (Å²) in [5.41, 5.74) is -1.45. The van der Waals surface area contributed by atoms with Crippen LogP contribution in [0.15, 0.2) is 47.3 Å². The van der Waals surface area contributed by atoms with Gasteiger partial charge in [-0.15, -0.1) is 0 Å². The number of carbonyl (C=O) groups is 1. The van der Waals surface area contributed by atoms with Crippen molar-refractivity contribution in [1.82, 2.24) is 4.57 Å². The second-order valence-electron chi connectivity index (χ2n) is 5.52. The largest absolute Gasteiger partial charge is 0.506 e. The maximum atomic E-state index is 12.5. The van der Waals surface area contributed by atoms with Crippen LogP contribution >= 0.6 is 0 Å². The number of nitrogens with one attached hydrogen (secondary N) is 1. The van der Waals surface area contributed by atoms with Crippen LogP contribution < -0.4 is 10.9 Å². The van der Waals surface area contributed by atoms with Crippen molar-refractivity contribution in [3.8, 4) is 11.5 Å². The second kappa shape index (κ2) is 6.20. The maximum Gasteiger partial charge on any atom is 0.271 e. The molecule has 132 valence electrons. The van der Waals surface area contributed by atoms with Crippen LogP contribution in [0, 0.1) is 10.1 Å². The molecule has 0 atom stereocenters. The molecule has 3 rings (SSSR count). The molecule has 0 fully saturated rings. The smallest absolute Gasteiger partial charge is 0.271 e. The number of nitro groups is 1. The summed E-state index contributed by atoms with van der Waals surface area (Å²) in [6.45, 7) is 0. The molecule has 0 unspecified atom stereocenters. The number of phenolic OH excluding ortho intramolecular Hbond substituents is 1. The molecule has 0 saturated carbocycles. The molecule has 1 amide bonds. The number of non-ortho nitro benzene ring substituents is 1. The normalized spacial score (nSPS) is 10.7. The Labute approximate surface area is 145 Å². The topological polar surface area (TPSA) is 135 Å². The van der Waals surface area contributed by atoms with E-state index in [2.05, 4.69) is 5.32 Å². The predicted octanol–water partition coefficient (Wildman–Crippen LogP) is 2.11. The Balaban J connectivity index is 2.11. The third kappa shape index (κ3) is 2.71. The van der Waals surface area contributed by atoms with Crippen molar-refractivity contribution in [2.45, 2.75) is 0 Å². The van der Waals surface area contributed by atoms with E-state index < -0.39 is 33.5 Å². The number of pyridine rings is 1. The number of phenols is 1. The molecule has 9 nitrogen and oxygen atoms in total.